The van der Waals surface area contributed by atoms with Crippen LogP contribution in [0.5, 0.6) is 6.01 Å². The third kappa shape index (κ3) is 4.48. The van der Waals surface area contributed by atoms with Gasteiger partial charge in [0.05, 0.1) is 29.9 Å². The number of likely N-dealkylation sites (tertiary alicyclic amines) is 1. The molecule has 4 heterocycles. The summed E-state index contributed by atoms with van der Waals surface area (Å²) in [6.07, 6.45) is 13.9. The second-order valence-corrected chi connectivity index (χ2v) is 10.6. The number of allylic oxidation sites excluding steroid dienone is 4. The van der Waals surface area contributed by atoms with Gasteiger partial charge in [0.1, 0.15) is 0 Å². The Morgan fingerprint density at radius 1 is 1.24 bits per heavy atom. The van der Waals surface area contributed by atoms with Crippen molar-refractivity contribution in [2.24, 2.45) is 11.8 Å². The van der Waals surface area contributed by atoms with Crippen molar-refractivity contribution in [2.75, 3.05) is 38.7 Å². The molecule has 3 aliphatic rings. The van der Waals surface area contributed by atoms with Crippen molar-refractivity contribution in [3.63, 3.8) is 0 Å². The maximum Gasteiger partial charge on any atom is 0.302 e. The molecule has 38 heavy (non-hydrogen) atoms. The van der Waals surface area contributed by atoms with Gasteiger partial charge in [-0.1, -0.05) is 30.4 Å². The first kappa shape index (κ1) is 24.4. The number of carbonyl (C=O) groups excluding carboxylic acids is 1. The van der Waals surface area contributed by atoms with Crippen LogP contribution >= 0.6 is 0 Å². The molecule has 0 radical (unpaired) electrons. The molecule has 0 spiro atoms. The van der Waals surface area contributed by atoms with Crippen LogP contribution in [0.2, 0.25) is 0 Å². The van der Waals surface area contributed by atoms with Crippen molar-refractivity contribution >= 4 is 22.8 Å². The molecule has 0 saturated carbocycles. The van der Waals surface area contributed by atoms with Crippen LogP contribution in [-0.2, 0) is 11.2 Å². The highest BCUT2D eigenvalue weighted by Crippen LogP contribution is 2.39. The standard InChI is InChI=1S/C30H32N6O2/c1-34-14-3-4-21(18-34)19-38-30-33-28(23-7-5-20(17-31)6-8-23)27(29-32-13-15-36(29)30)24-10-9-22-11-12-26(37)35(2)25(22)16-24/h5,7-10,13,15-16,20-21H,3-4,6,11-12,14,18-19H2,1-2H3/t20?,21-/m1/s1. The summed E-state index contributed by atoms with van der Waals surface area (Å²) in [7, 11) is 3.99. The van der Waals surface area contributed by atoms with E-state index < -0.39 is 0 Å². The number of carbonyl (C=O) groups is 1. The number of imidazole rings is 1. The van der Waals surface area contributed by atoms with Crippen LogP contribution in [-0.4, -0.2) is 59.0 Å². The van der Waals surface area contributed by atoms with Crippen molar-refractivity contribution in [1.29, 1.82) is 5.26 Å². The molecule has 194 valence electrons. The van der Waals surface area contributed by atoms with Gasteiger partial charge in [0.2, 0.25) is 5.91 Å². The Labute approximate surface area is 222 Å². The minimum Gasteiger partial charge on any atom is -0.464 e. The van der Waals surface area contributed by atoms with Crippen molar-refractivity contribution in [2.45, 2.75) is 32.1 Å². The van der Waals surface area contributed by atoms with Crippen LogP contribution in [0.25, 0.3) is 22.3 Å². The highest BCUT2D eigenvalue weighted by molar-refractivity contribution is 5.98. The smallest absolute Gasteiger partial charge is 0.302 e. The fourth-order valence-electron chi connectivity index (χ4n) is 5.81. The quantitative estimate of drug-likeness (QED) is 0.504. The van der Waals surface area contributed by atoms with Crippen molar-refractivity contribution in [3.05, 3.63) is 60.1 Å². The summed E-state index contributed by atoms with van der Waals surface area (Å²) in [4.78, 5) is 26.4. The predicted octanol–water partition coefficient (Wildman–Crippen LogP) is 4.51. The largest absolute Gasteiger partial charge is 0.464 e. The van der Waals surface area contributed by atoms with E-state index in [-0.39, 0.29) is 11.8 Å². The summed E-state index contributed by atoms with van der Waals surface area (Å²) >= 11 is 0. The van der Waals surface area contributed by atoms with Gasteiger partial charge in [-0.25, -0.2) is 4.98 Å². The number of nitrogens with zero attached hydrogens (tertiary/aromatic N) is 6. The molecule has 1 amide bonds. The number of aryl methyl sites for hydroxylation is 1. The van der Waals surface area contributed by atoms with Crippen LogP contribution in [0.4, 0.5) is 5.69 Å². The highest BCUT2D eigenvalue weighted by atomic mass is 16.5. The van der Waals surface area contributed by atoms with E-state index in [2.05, 4.69) is 42.3 Å². The zero-order chi connectivity index (χ0) is 26.2. The topological polar surface area (TPSA) is 86.8 Å². The first-order valence-corrected chi connectivity index (χ1v) is 13.4. The van der Waals surface area contributed by atoms with Crippen molar-refractivity contribution in [3.8, 4) is 23.2 Å². The Morgan fingerprint density at radius 3 is 2.92 bits per heavy atom. The first-order chi connectivity index (χ1) is 18.5. The van der Waals surface area contributed by atoms with Gasteiger partial charge in [0.15, 0.2) is 5.65 Å². The first-order valence-electron chi connectivity index (χ1n) is 13.4. The average molecular weight is 509 g/mol. The van der Waals surface area contributed by atoms with Crippen molar-refractivity contribution in [1.82, 2.24) is 19.3 Å². The van der Waals surface area contributed by atoms with Gasteiger partial charge in [0.25, 0.3) is 0 Å². The summed E-state index contributed by atoms with van der Waals surface area (Å²) in [5, 5.41) is 9.39. The lowest BCUT2D eigenvalue weighted by molar-refractivity contribution is -0.118. The van der Waals surface area contributed by atoms with Crippen LogP contribution in [0, 0.1) is 23.2 Å². The number of benzene rings is 1. The molecule has 0 N–H and O–H groups in total. The lowest BCUT2D eigenvalue weighted by Gasteiger charge is -2.29. The molecule has 8 nitrogen and oxygen atoms in total. The number of fused-ring (bicyclic) bond motifs is 2. The molecule has 1 saturated heterocycles. The van der Waals surface area contributed by atoms with Gasteiger partial charge < -0.3 is 14.5 Å². The number of piperidine rings is 1. The maximum absolute atomic E-state index is 12.4. The molecule has 1 unspecified atom stereocenters. The second-order valence-electron chi connectivity index (χ2n) is 10.6. The molecule has 2 aromatic heterocycles. The lowest BCUT2D eigenvalue weighted by atomic mass is 9.91. The zero-order valence-electron chi connectivity index (χ0n) is 21.9. The Morgan fingerprint density at radius 2 is 2.13 bits per heavy atom. The summed E-state index contributed by atoms with van der Waals surface area (Å²) in [6.45, 7) is 2.74. The fourth-order valence-corrected chi connectivity index (χ4v) is 5.81. The van der Waals surface area contributed by atoms with Gasteiger partial charge in [-0.15, -0.1) is 0 Å². The van der Waals surface area contributed by atoms with Crippen LogP contribution < -0.4 is 9.64 Å². The fraction of sp³-hybridized carbons (Fsp3) is 0.400. The Bertz CT molecular complexity index is 1500. The molecule has 1 aromatic carbocycles. The van der Waals surface area contributed by atoms with Crippen LogP contribution in [0.3, 0.4) is 0 Å². The second kappa shape index (κ2) is 10.1. The molecule has 2 atom stereocenters. The maximum atomic E-state index is 12.4. The monoisotopic (exact) mass is 508 g/mol. The predicted molar refractivity (Wildman–Crippen MR) is 147 cm³/mol. The Hall–Kier alpha value is -3.96. The van der Waals surface area contributed by atoms with Crippen LogP contribution in [0.1, 0.15) is 36.9 Å². The molecule has 6 rings (SSSR count). The highest BCUT2D eigenvalue weighted by Gasteiger charge is 2.26. The van der Waals surface area contributed by atoms with E-state index in [4.69, 9.17) is 14.7 Å². The number of aromatic nitrogens is 3. The van der Waals surface area contributed by atoms with Crippen LogP contribution in [0.15, 0.2) is 48.8 Å². The number of anilines is 1. The molecule has 3 aromatic rings. The van der Waals surface area contributed by atoms with Gasteiger partial charge in [-0.2, -0.15) is 10.2 Å². The zero-order valence-corrected chi connectivity index (χ0v) is 21.9. The van der Waals surface area contributed by atoms with Gasteiger partial charge in [0, 0.05) is 44.0 Å². The minimum absolute atomic E-state index is 0.122. The number of hydrogen-bond acceptors (Lipinski definition) is 6. The van der Waals surface area contributed by atoms with E-state index in [1.807, 2.05) is 29.8 Å². The lowest BCUT2D eigenvalue weighted by Crippen LogP contribution is -2.35. The van der Waals surface area contributed by atoms with Gasteiger partial charge >= 0.3 is 6.01 Å². The van der Waals surface area contributed by atoms with E-state index in [0.29, 0.717) is 31.4 Å². The number of nitriles is 1. The van der Waals surface area contributed by atoms with E-state index in [1.165, 1.54) is 6.42 Å². The Balaban J connectivity index is 1.46. The molecule has 2 aliphatic heterocycles. The molecular formula is C30H32N6O2. The van der Waals surface area contributed by atoms with E-state index in [0.717, 1.165) is 65.2 Å². The number of amides is 1. The molecule has 1 fully saturated rings. The number of rotatable bonds is 5. The third-order valence-electron chi connectivity index (χ3n) is 7.94. The summed E-state index contributed by atoms with van der Waals surface area (Å²) in [5.74, 6) is 0.437. The third-order valence-corrected chi connectivity index (χ3v) is 7.94. The summed E-state index contributed by atoms with van der Waals surface area (Å²) < 4.78 is 8.30. The summed E-state index contributed by atoms with van der Waals surface area (Å²) in [6, 6.07) is 9.13. The van der Waals surface area contributed by atoms with Crippen molar-refractivity contribution < 1.29 is 9.53 Å². The minimum atomic E-state index is -0.139. The molecule has 8 heteroatoms. The van der Waals surface area contributed by atoms with E-state index in [9.17, 15) is 10.1 Å². The summed E-state index contributed by atoms with van der Waals surface area (Å²) in [5.41, 5.74) is 6.40. The van der Waals surface area contributed by atoms with Gasteiger partial charge in [-0.3, -0.25) is 9.20 Å². The normalized spacial score (nSPS) is 21.8. The average Bonchev–Trinajstić information content (AvgIpc) is 3.43. The van der Waals surface area contributed by atoms with Gasteiger partial charge in [-0.05, 0) is 62.0 Å². The molecule has 0 bridgehead atoms. The number of hydrogen-bond donors (Lipinski definition) is 0. The number of ether oxygens (including phenoxy) is 1. The van der Waals surface area contributed by atoms with E-state index >= 15 is 0 Å². The molecular weight excluding hydrogens is 476 g/mol. The SMILES string of the molecule is CN1CCC[C@@H](COc2nc(C3=CCC(C#N)C=C3)c(-c3ccc4c(c3)N(C)C(=O)CC4)c3nccn23)C1. The van der Waals surface area contributed by atoms with E-state index in [1.54, 1.807) is 11.1 Å². The molecule has 1 aliphatic carbocycles. The Kier molecular flexibility index (Phi) is 6.46.